The number of hydrogen-bond donors (Lipinski definition) is 1. The van der Waals surface area contributed by atoms with Crippen LogP contribution in [0, 0.1) is 0 Å². The van der Waals surface area contributed by atoms with Gasteiger partial charge in [0.2, 0.25) is 5.91 Å². The van der Waals surface area contributed by atoms with Crippen molar-refractivity contribution in [3.8, 4) is 0 Å². The van der Waals surface area contributed by atoms with Crippen molar-refractivity contribution in [1.29, 1.82) is 0 Å². The summed E-state index contributed by atoms with van der Waals surface area (Å²) in [5.74, 6) is 0.103. The molecule has 100 valence electrons. The fourth-order valence-electron chi connectivity index (χ4n) is 2.54. The van der Waals surface area contributed by atoms with Crippen LogP contribution in [-0.2, 0) is 11.3 Å². The Morgan fingerprint density at radius 3 is 2.83 bits per heavy atom. The first-order valence-electron chi connectivity index (χ1n) is 6.54. The topological polar surface area (TPSA) is 71.2 Å². The average molecular weight is 252 g/mol. The summed E-state index contributed by atoms with van der Waals surface area (Å²) in [5.41, 5.74) is 0. The molecule has 0 bridgehead atoms. The van der Waals surface area contributed by atoms with Crippen LogP contribution < -0.4 is 0 Å². The highest BCUT2D eigenvalue weighted by Gasteiger charge is 2.25. The third-order valence-electron chi connectivity index (χ3n) is 3.45. The van der Waals surface area contributed by atoms with Crippen molar-refractivity contribution in [2.24, 2.45) is 0 Å². The summed E-state index contributed by atoms with van der Waals surface area (Å²) in [5, 5.41) is 13.1. The molecule has 1 saturated carbocycles. The first kappa shape index (κ1) is 13.0. The van der Waals surface area contributed by atoms with E-state index in [9.17, 15) is 4.79 Å². The number of hydrogen-bond acceptors (Lipinski definition) is 4. The van der Waals surface area contributed by atoms with Crippen LogP contribution in [0.25, 0.3) is 0 Å². The van der Waals surface area contributed by atoms with E-state index in [1.807, 2.05) is 4.90 Å². The summed E-state index contributed by atoms with van der Waals surface area (Å²) in [4.78, 5) is 17.9. The Kier molecular flexibility index (Phi) is 4.69. The van der Waals surface area contributed by atoms with Gasteiger partial charge in [-0.1, -0.05) is 12.8 Å². The Labute approximate surface area is 107 Å². The number of aromatic nitrogens is 3. The van der Waals surface area contributed by atoms with Gasteiger partial charge in [-0.25, -0.2) is 4.98 Å². The number of carbonyl (C=O) groups is 1. The summed E-state index contributed by atoms with van der Waals surface area (Å²) in [7, 11) is 0. The highest BCUT2D eigenvalue weighted by atomic mass is 16.3. The van der Waals surface area contributed by atoms with E-state index < -0.39 is 0 Å². The predicted molar refractivity (Wildman–Crippen MR) is 65.7 cm³/mol. The molecule has 0 aliphatic heterocycles. The Morgan fingerprint density at radius 1 is 1.44 bits per heavy atom. The van der Waals surface area contributed by atoms with E-state index >= 15 is 0 Å². The molecule has 1 amide bonds. The average Bonchev–Trinajstić information content (AvgIpc) is 3.05. The lowest BCUT2D eigenvalue weighted by molar-refractivity contribution is -0.134. The molecular formula is C12H20N4O2. The van der Waals surface area contributed by atoms with E-state index in [0.29, 0.717) is 25.6 Å². The van der Waals surface area contributed by atoms with Crippen LogP contribution >= 0.6 is 0 Å². The smallest absolute Gasteiger partial charge is 0.224 e. The highest BCUT2D eigenvalue weighted by Crippen LogP contribution is 2.23. The zero-order chi connectivity index (χ0) is 12.8. The van der Waals surface area contributed by atoms with Gasteiger partial charge < -0.3 is 10.0 Å². The lowest BCUT2D eigenvalue weighted by Crippen LogP contribution is -2.41. The van der Waals surface area contributed by atoms with Gasteiger partial charge in [0.25, 0.3) is 0 Å². The molecule has 0 saturated heterocycles. The largest absolute Gasteiger partial charge is 0.395 e. The molecule has 0 radical (unpaired) electrons. The highest BCUT2D eigenvalue weighted by molar-refractivity contribution is 5.76. The number of carbonyl (C=O) groups excluding carboxylic acids is 1. The monoisotopic (exact) mass is 252 g/mol. The molecule has 0 atom stereocenters. The van der Waals surface area contributed by atoms with E-state index in [4.69, 9.17) is 5.11 Å². The van der Waals surface area contributed by atoms with Crippen LogP contribution in [-0.4, -0.2) is 49.9 Å². The van der Waals surface area contributed by atoms with Gasteiger partial charge in [-0.2, -0.15) is 5.10 Å². The van der Waals surface area contributed by atoms with Crippen LogP contribution in [0.2, 0.25) is 0 Å². The van der Waals surface area contributed by atoms with Crippen molar-refractivity contribution >= 4 is 5.91 Å². The zero-order valence-electron chi connectivity index (χ0n) is 10.5. The summed E-state index contributed by atoms with van der Waals surface area (Å²) in [6.45, 7) is 1.03. The van der Waals surface area contributed by atoms with E-state index in [2.05, 4.69) is 10.1 Å². The molecule has 2 rings (SSSR count). The van der Waals surface area contributed by atoms with Crippen molar-refractivity contribution < 1.29 is 9.90 Å². The van der Waals surface area contributed by atoms with Crippen LogP contribution in [0.3, 0.4) is 0 Å². The van der Waals surface area contributed by atoms with Gasteiger partial charge >= 0.3 is 0 Å². The van der Waals surface area contributed by atoms with Gasteiger partial charge in [0.05, 0.1) is 13.2 Å². The van der Waals surface area contributed by atoms with Crippen LogP contribution in [0.1, 0.15) is 32.1 Å². The summed E-state index contributed by atoms with van der Waals surface area (Å²) >= 11 is 0. The first-order chi connectivity index (χ1) is 8.81. The zero-order valence-corrected chi connectivity index (χ0v) is 10.5. The van der Waals surface area contributed by atoms with Gasteiger partial charge in [-0.15, -0.1) is 0 Å². The standard InChI is InChI=1S/C12H20N4O2/c17-8-7-16(11-3-1-2-4-11)12(18)5-6-15-10-13-9-14-15/h9-11,17H,1-8H2. The molecule has 18 heavy (non-hydrogen) atoms. The minimum Gasteiger partial charge on any atom is -0.395 e. The third kappa shape index (κ3) is 3.29. The second kappa shape index (κ2) is 6.49. The molecule has 1 aromatic heterocycles. The van der Waals surface area contributed by atoms with Crippen molar-refractivity contribution in [2.45, 2.75) is 44.7 Å². The second-order valence-corrected chi connectivity index (χ2v) is 4.66. The maximum absolute atomic E-state index is 12.2. The van der Waals surface area contributed by atoms with Gasteiger partial charge in [-0.3, -0.25) is 9.48 Å². The normalized spacial score (nSPS) is 16.1. The van der Waals surface area contributed by atoms with Crippen LogP contribution in [0.5, 0.6) is 0 Å². The fourth-order valence-corrected chi connectivity index (χ4v) is 2.54. The van der Waals surface area contributed by atoms with Crippen molar-refractivity contribution in [3.63, 3.8) is 0 Å². The SMILES string of the molecule is O=C(CCn1cncn1)N(CCO)C1CCCC1. The van der Waals surface area contributed by atoms with Crippen LogP contribution in [0.4, 0.5) is 0 Å². The van der Waals surface area contributed by atoms with Crippen LogP contribution in [0.15, 0.2) is 12.7 Å². The Morgan fingerprint density at radius 2 is 2.22 bits per heavy atom. The Balaban J connectivity index is 1.86. The fraction of sp³-hybridized carbons (Fsp3) is 0.750. The molecule has 6 nitrogen and oxygen atoms in total. The summed E-state index contributed by atoms with van der Waals surface area (Å²) in [6, 6.07) is 0.320. The minimum atomic E-state index is 0.0333. The predicted octanol–water partition coefficient (Wildman–Crippen LogP) is 0.432. The summed E-state index contributed by atoms with van der Waals surface area (Å²) < 4.78 is 1.66. The number of aryl methyl sites for hydroxylation is 1. The summed E-state index contributed by atoms with van der Waals surface area (Å²) in [6.07, 6.45) is 7.99. The Hall–Kier alpha value is -1.43. The lowest BCUT2D eigenvalue weighted by Gasteiger charge is -2.28. The van der Waals surface area contributed by atoms with Crippen molar-refractivity contribution in [1.82, 2.24) is 19.7 Å². The van der Waals surface area contributed by atoms with Crippen molar-refractivity contribution in [2.75, 3.05) is 13.2 Å². The molecule has 0 unspecified atom stereocenters. The second-order valence-electron chi connectivity index (χ2n) is 4.66. The lowest BCUT2D eigenvalue weighted by atomic mass is 10.2. The number of aliphatic hydroxyl groups is 1. The molecule has 1 heterocycles. The number of aliphatic hydroxyl groups excluding tert-OH is 1. The quantitative estimate of drug-likeness (QED) is 0.797. The van der Waals surface area contributed by atoms with E-state index in [-0.39, 0.29) is 12.5 Å². The number of rotatable bonds is 6. The van der Waals surface area contributed by atoms with E-state index in [0.717, 1.165) is 12.8 Å². The first-order valence-corrected chi connectivity index (χ1v) is 6.54. The van der Waals surface area contributed by atoms with Gasteiger partial charge in [0.15, 0.2) is 0 Å². The molecule has 0 spiro atoms. The molecular weight excluding hydrogens is 232 g/mol. The van der Waals surface area contributed by atoms with E-state index in [1.54, 1.807) is 11.0 Å². The maximum Gasteiger partial charge on any atom is 0.224 e. The van der Waals surface area contributed by atoms with Gasteiger partial charge in [0.1, 0.15) is 12.7 Å². The van der Waals surface area contributed by atoms with Crippen molar-refractivity contribution in [3.05, 3.63) is 12.7 Å². The minimum absolute atomic E-state index is 0.0333. The molecule has 0 aromatic carbocycles. The Bertz CT molecular complexity index is 360. The molecule has 1 aliphatic carbocycles. The number of nitrogens with zero attached hydrogens (tertiary/aromatic N) is 4. The molecule has 1 fully saturated rings. The molecule has 1 N–H and O–H groups in total. The van der Waals surface area contributed by atoms with E-state index in [1.165, 1.54) is 19.2 Å². The number of amides is 1. The maximum atomic E-state index is 12.2. The molecule has 1 aliphatic rings. The van der Waals surface area contributed by atoms with Gasteiger partial charge in [0, 0.05) is 19.0 Å². The molecule has 6 heteroatoms. The van der Waals surface area contributed by atoms with Gasteiger partial charge in [-0.05, 0) is 12.8 Å². The molecule has 1 aromatic rings. The third-order valence-corrected chi connectivity index (χ3v) is 3.45.